The Bertz CT molecular complexity index is 3320. The first-order valence-corrected chi connectivity index (χ1v) is 17.7. The highest BCUT2D eigenvalue weighted by molar-refractivity contribution is 7.27. The van der Waals surface area contributed by atoms with E-state index in [9.17, 15) is 0 Å². The van der Waals surface area contributed by atoms with Crippen LogP contribution in [0.25, 0.3) is 108 Å². The summed E-state index contributed by atoms with van der Waals surface area (Å²) >= 11 is 1.95. The Morgan fingerprint density at radius 1 is 0.367 bits per heavy atom. The van der Waals surface area contributed by atoms with Crippen LogP contribution >= 0.6 is 11.3 Å². The van der Waals surface area contributed by atoms with Crippen LogP contribution in [0.4, 0.5) is 0 Å². The van der Waals surface area contributed by atoms with Crippen molar-refractivity contribution in [2.24, 2.45) is 0 Å². The van der Waals surface area contributed by atoms with Crippen molar-refractivity contribution >= 4 is 102 Å². The summed E-state index contributed by atoms with van der Waals surface area (Å²) in [4.78, 5) is 1.33. The van der Waals surface area contributed by atoms with Crippen molar-refractivity contribution in [3.8, 4) is 16.8 Å². The SMILES string of the molecule is c1ccc(-n2c3ccccc3c3cc(-c4cc5c6ccccc6n6c7sc8c9ccccc9c9ccccc9c8c7c(c4)c56)ccc32)cc1. The molecule has 0 unspecified atom stereocenters. The molecule has 0 spiro atoms. The third kappa shape index (κ3) is 3.25. The summed E-state index contributed by atoms with van der Waals surface area (Å²) < 4.78 is 6.31. The minimum atomic E-state index is 1.18. The Balaban J connectivity index is 1.23. The van der Waals surface area contributed by atoms with Gasteiger partial charge in [-0.25, -0.2) is 0 Å². The molecule has 4 aromatic heterocycles. The van der Waals surface area contributed by atoms with E-state index in [0.717, 1.165) is 0 Å². The molecular formula is C46H26N2S. The lowest BCUT2D eigenvalue weighted by Crippen LogP contribution is -1.92. The molecule has 0 atom stereocenters. The molecule has 0 aliphatic carbocycles. The summed E-state index contributed by atoms with van der Waals surface area (Å²) in [7, 11) is 0. The average Bonchev–Trinajstić information content (AvgIpc) is 3.90. The van der Waals surface area contributed by atoms with Gasteiger partial charge in [-0.15, -0.1) is 11.3 Å². The van der Waals surface area contributed by atoms with E-state index in [2.05, 4.69) is 167 Å². The van der Waals surface area contributed by atoms with Gasteiger partial charge in [0.2, 0.25) is 0 Å². The molecule has 0 aliphatic heterocycles. The highest BCUT2D eigenvalue weighted by Gasteiger charge is 2.24. The molecule has 49 heavy (non-hydrogen) atoms. The third-order valence-corrected chi connectivity index (χ3v) is 12.0. The van der Waals surface area contributed by atoms with Crippen LogP contribution in [0.3, 0.4) is 0 Å². The number of aromatic nitrogens is 2. The largest absolute Gasteiger partial charge is 0.309 e. The molecule has 0 saturated heterocycles. The number of para-hydroxylation sites is 3. The topological polar surface area (TPSA) is 9.34 Å². The van der Waals surface area contributed by atoms with E-state index in [1.54, 1.807) is 0 Å². The third-order valence-electron chi connectivity index (χ3n) is 10.8. The number of hydrogen-bond acceptors (Lipinski definition) is 1. The predicted molar refractivity (Wildman–Crippen MR) is 211 cm³/mol. The van der Waals surface area contributed by atoms with Crippen LogP contribution in [0.5, 0.6) is 0 Å². The first-order chi connectivity index (χ1) is 24.3. The average molecular weight is 639 g/mol. The fourth-order valence-electron chi connectivity index (χ4n) is 8.80. The summed E-state index contributed by atoms with van der Waals surface area (Å²) in [6, 6.07) is 58.3. The number of hydrogen-bond donors (Lipinski definition) is 0. The standard InChI is InChI=1S/C46H26N2S/c1-2-12-29(13-3-1)47-39-20-10-8-16-32(39)36-24-27(22-23-41(36)47)28-25-37-33-17-9-11-21-40(33)48-44(37)38(26-28)43-42-34-18-6-4-14-30(34)31-15-5-7-19-35(31)45(42)49-46(43)48/h1-26H. The first-order valence-electron chi connectivity index (χ1n) is 16.9. The van der Waals surface area contributed by atoms with E-state index in [1.807, 2.05) is 11.3 Å². The van der Waals surface area contributed by atoms with Gasteiger partial charge in [-0.3, -0.25) is 4.40 Å². The van der Waals surface area contributed by atoms with E-state index < -0.39 is 0 Å². The van der Waals surface area contributed by atoms with Gasteiger partial charge in [-0.2, -0.15) is 0 Å². The van der Waals surface area contributed by atoms with Crippen LogP contribution in [0.1, 0.15) is 0 Å². The van der Waals surface area contributed by atoms with Crippen molar-refractivity contribution in [3.05, 3.63) is 158 Å². The molecule has 0 amide bonds. The quantitative estimate of drug-likeness (QED) is 0.167. The lowest BCUT2D eigenvalue weighted by molar-refractivity contribution is 1.18. The van der Waals surface area contributed by atoms with Gasteiger partial charge in [0.15, 0.2) is 0 Å². The van der Waals surface area contributed by atoms with Crippen molar-refractivity contribution in [3.63, 3.8) is 0 Å². The van der Waals surface area contributed by atoms with Crippen molar-refractivity contribution in [1.29, 1.82) is 0 Å². The Morgan fingerprint density at radius 2 is 0.939 bits per heavy atom. The van der Waals surface area contributed by atoms with E-state index in [1.165, 1.54) is 108 Å². The van der Waals surface area contributed by atoms with Crippen LogP contribution in [0.15, 0.2) is 158 Å². The number of rotatable bonds is 2. The molecule has 12 rings (SSSR count). The maximum Gasteiger partial charge on any atom is 0.109 e. The fraction of sp³-hybridized carbons (Fsp3) is 0. The Labute approximate surface area is 284 Å². The molecule has 2 nitrogen and oxygen atoms in total. The van der Waals surface area contributed by atoms with E-state index >= 15 is 0 Å². The van der Waals surface area contributed by atoms with Crippen molar-refractivity contribution in [1.82, 2.24) is 8.97 Å². The molecule has 226 valence electrons. The lowest BCUT2D eigenvalue weighted by Gasteiger charge is -2.09. The molecule has 4 heterocycles. The maximum absolute atomic E-state index is 2.55. The van der Waals surface area contributed by atoms with Gasteiger partial charge < -0.3 is 4.57 Å². The second-order valence-corrected chi connectivity index (χ2v) is 14.3. The normalized spacial score (nSPS) is 12.5. The molecule has 0 radical (unpaired) electrons. The number of thiophene rings is 1. The van der Waals surface area contributed by atoms with E-state index in [4.69, 9.17) is 0 Å². The minimum absolute atomic E-state index is 1.18. The fourth-order valence-corrected chi connectivity index (χ4v) is 10.2. The van der Waals surface area contributed by atoms with Crippen molar-refractivity contribution in [2.75, 3.05) is 0 Å². The summed E-state index contributed by atoms with van der Waals surface area (Å²) in [5, 5.41) is 14.6. The number of fused-ring (bicyclic) bond motifs is 16. The second kappa shape index (κ2) is 9.25. The zero-order valence-corrected chi connectivity index (χ0v) is 27.1. The zero-order valence-electron chi connectivity index (χ0n) is 26.3. The lowest BCUT2D eigenvalue weighted by atomic mass is 9.95. The summed E-state index contributed by atoms with van der Waals surface area (Å²) in [5.41, 5.74) is 8.72. The van der Waals surface area contributed by atoms with Gasteiger partial charge >= 0.3 is 0 Å². The Hall–Kier alpha value is -6.16. The predicted octanol–water partition coefficient (Wildman–Crippen LogP) is 13.1. The van der Waals surface area contributed by atoms with E-state index in [0.29, 0.717) is 0 Å². The zero-order chi connectivity index (χ0) is 31.8. The monoisotopic (exact) mass is 638 g/mol. The van der Waals surface area contributed by atoms with Crippen LogP contribution in [0, 0.1) is 0 Å². The highest BCUT2D eigenvalue weighted by Crippen LogP contribution is 2.51. The molecule has 0 N–H and O–H groups in total. The smallest absolute Gasteiger partial charge is 0.109 e. The summed E-state index contributed by atoms with van der Waals surface area (Å²) in [6.45, 7) is 0. The van der Waals surface area contributed by atoms with Gasteiger partial charge in [-0.1, -0.05) is 109 Å². The molecular weight excluding hydrogens is 613 g/mol. The Morgan fingerprint density at radius 3 is 1.73 bits per heavy atom. The van der Waals surface area contributed by atoms with Gasteiger partial charge in [0.05, 0.1) is 22.1 Å². The van der Waals surface area contributed by atoms with Crippen molar-refractivity contribution < 1.29 is 0 Å². The Kier molecular flexibility index (Phi) is 4.89. The van der Waals surface area contributed by atoms with Crippen LogP contribution in [0.2, 0.25) is 0 Å². The van der Waals surface area contributed by atoms with Crippen LogP contribution in [-0.4, -0.2) is 8.97 Å². The van der Waals surface area contributed by atoms with Gasteiger partial charge in [0.25, 0.3) is 0 Å². The minimum Gasteiger partial charge on any atom is -0.309 e. The first kappa shape index (κ1) is 25.9. The molecule has 12 aromatic rings. The van der Waals surface area contributed by atoms with Crippen LogP contribution in [-0.2, 0) is 0 Å². The summed E-state index contributed by atoms with van der Waals surface area (Å²) in [5.74, 6) is 0. The van der Waals surface area contributed by atoms with Gasteiger partial charge in [0, 0.05) is 53.5 Å². The van der Waals surface area contributed by atoms with Crippen LogP contribution < -0.4 is 0 Å². The second-order valence-electron chi connectivity index (χ2n) is 13.3. The highest BCUT2D eigenvalue weighted by atomic mass is 32.1. The molecule has 0 fully saturated rings. The molecule has 0 bridgehead atoms. The molecule has 8 aromatic carbocycles. The number of benzene rings is 8. The summed E-state index contributed by atoms with van der Waals surface area (Å²) in [6.07, 6.45) is 0. The van der Waals surface area contributed by atoms with E-state index in [-0.39, 0.29) is 0 Å². The molecule has 0 saturated carbocycles. The molecule has 3 heteroatoms. The molecule has 0 aliphatic rings. The number of nitrogens with zero attached hydrogens (tertiary/aromatic N) is 2. The van der Waals surface area contributed by atoms with Crippen molar-refractivity contribution in [2.45, 2.75) is 0 Å². The van der Waals surface area contributed by atoms with Gasteiger partial charge in [0.1, 0.15) is 4.83 Å². The maximum atomic E-state index is 2.55. The van der Waals surface area contributed by atoms with Gasteiger partial charge in [-0.05, 0) is 75.8 Å².